The molecule has 8 heteroatoms. The molecule has 2 heterocycles. The second kappa shape index (κ2) is 10.1. The number of carbonyl (C=O) groups excluding carboxylic acids is 1. The van der Waals surface area contributed by atoms with Gasteiger partial charge in [-0.3, -0.25) is 9.36 Å². The summed E-state index contributed by atoms with van der Waals surface area (Å²) in [5, 5.41) is 12.3. The van der Waals surface area contributed by atoms with Crippen LogP contribution in [-0.4, -0.2) is 46.7 Å². The van der Waals surface area contributed by atoms with Crippen LogP contribution in [0.4, 0.5) is 0 Å². The SMILES string of the molecule is COCCCNC(=O)CSc1nnc(-c2ccoc2C)n1Cc1ccccc1. The Morgan fingerprint density at radius 1 is 1.25 bits per heavy atom. The minimum Gasteiger partial charge on any atom is -0.469 e. The summed E-state index contributed by atoms with van der Waals surface area (Å²) in [7, 11) is 1.65. The van der Waals surface area contributed by atoms with Gasteiger partial charge in [0.2, 0.25) is 5.91 Å². The van der Waals surface area contributed by atoms with Crippen molar-refractivity contribution in [1.29, 1.82) is 0 Å². The van der Waals surface area contributed by atoms with E-state index in [0.717, 1.165) is 29.1 Å². The van der Waals surface area contributed by atoms with E-state index in [1.165, 1.54) is 11.8 Å². The van der Waals surface area contributed by atoms with Crippen molar-refractivity contribution in [2.45, 2.75) is 25.0 Å². The van der Waals surface area contributed by atoms with Crippen LogP contribution < -0.4 is 5.32 Å². The van der Waals surface area contributed by atoms with E-state index in [2.05, 4.69) is 27.6 Å². The summed E-state index contributed by atoms with van der Waals surface area (Å²) in [4.78, 5) is 12.1. The summed E-state index contributed by atoms with van der Waals surface area (Å²) in [5.41, 5.74) is 2.04. The maximum absolute atomic E-state index is 12.1. The normalized spacial score (nSPS) is 10.9. The van der Waals surface area contributed by atoms with Gasteiger partial charge in [-0.25, -0.2) is 0 Å². The maximum Gasteiger partial charge on any atom is 0.230 e. The van der Waals surface area contributed by atoms with Crippen molar-refractivity contribution in [2.24, 2.45) is 0 Å². The third kappa shape index (κ3) is 5.24. The Morgan fingerprint density at radius 2 is 2.07 bits per heavy atom. The van der Waals surface area contributed by atoms with Crippen LogP contribution in [0.25, 0.3) is 11.4 Å². The first-order valence-corrected chi connectivity index (χ1v) is 10.1. The lowest BCUT2D eigenvalue weighted by Gasteiger charge is -2.10. The summed E-state index contributed by atoms with van der Waals surface area (Å²) in [6, 6.07) is 12.0. The highest BCUT2D eigenvalue weighted by molar-refractivity contribution is 7.99. The van der Waals surface area contributed by atoms with E-state index in [4.69, 9.17) is 9.15 Å². The third-order valence-corrected chi connectivity index (χ3v) is 5.15. The number of aryl methyl sites for hydroxylation is 1. The van der Waals surface area contributed by atoms with Crippen LogP contribution in [-0.2, 0) is 16.1 Å². The lowest BCUT2D eigenvalue weighted by Crippen LogP contribution is -2.27. The molecule has 0 saturated carbocycles. The lowest BCUT2D eigenvalue weighted by atomic mass is 10.2. The lowest BCUT2D eigenvalue weighted by molar-refractivity contribution is -0.118. The molecule has 0 aliphatic heterocycles. The van der Waals surface area contributed by atoms with Gasteiger partial charge < -0.3 is 14.5 Å². The van der Waals surface area contributed by atoms with E-state index in [1.807, 2.05) is 35.8 Å². The number of rotatable bonds is 10. The van der Waals surface area contributed by atoms with Gasteiger partial charge in [-0.2, -0.15) is 0 Å². The van der Waals surface area contributed by atoms with Crippen molar-refractivity contribution in [3.63, 3.8) is 0 Å². The number of ether oxygens (including phenoxy) is 1. The van der Waals surface area contributed by atoms with E-state index < -0.39 is 0 Å². The van der Waals surface area contributed by atoms with E-state index in [9.17, 15) is 4.79 Å². The van der Waals surface area contributed by atoms with Crippen molar-refractivity contribution in [1.82, 2.24) is 20.1 Å². The molecule has 3 rings (SSSR count). The zero-order chi connectivity index (χ0) is 19.8. The van der Waals surface area contributed by atoms with Gasteiger partial charge in [0.1, 0.15) is 5.76 Å². The number of carbonyl (C=O) groups is 1. The predicted molar refractivity (Wildman–Crippen MR) is 108 cm³/mol. The fraction of sp³-hybridized carbons (Fsp3) is 0.350. The van der Waals surface area contributed by atoms with Crippen LogP contribution in [0, 0.1) is 6.92 Å². The Bertz CT molecular complexity index is 892. The Hall–Kier alpha value is -2.58. The molecule has 0 aliphatic rings. The molecule has 1 amide bonds. The summed E-state index contributed by atoms with van der Waals surface area (Å²) < 4.78 is 12.4. The van der Waals surface area contributed by atoms with Gasteiger partial charge in [0.25, 0.3) is 0 Å². The van der Waals surface area contributed by atoms with Gasteiger partial charge in [-0.15, -0.1) is 10.2 Å². The highest BCUT2D eigenvalue weighted by Crippen LogP contribution is 2.27. The molecule has 7 nitrogen and oxygen atoms in total. The number of nitrogens with one attached hydrogen (secondary N) is 1. The number of hydrogen-bond donors (Lipinski definition) is 1. The van der Waals surface area contributed by atoms with E-state index >= 15 is 0 Å². The van der Waals surface area contributed by atoms with Crippen molar-refractivity contribution < 1.29 is 13.9 Å². The first kappa shape index (κ1) is 20.2. The highest BCUT2D eigenvalue weighted by atomic mass is 32.2. The van der Waals surface area contributed by atoms with Crippen LogP contribution >= 0.6 is 11.8 Å². The molecule has 0 spiro atoms. The number of methoxy groups -OCH3 is 1. The number of amides is 1. The molecular formula is C20H24N4O3S. The Balaban J connectivity index is 1.74. The van der Waals surface area contributed by atoms with Crippen LogP contribution in [0.3, 0.4) is 0 Å². The summed E-state index contributed by atoms with van der Waals surface area (Å²) in [6.45, 7) is 3.75. The monoisotopic (exact) mass is 400 g/mol. The summed E-state index contributed by atoms with van der Waals surface area (Å²) in [6.07, 6.45) is 2.44. The fourth-order valence-corrected chi connectivity index (χ4v) is 3.51. The Labute approximate surface area is 168 Å². The molecule has 1 N–H and O–H groups in total. The number of nitrogens with zero attached hydrogens (tertiary/aromatic N) is 3. The van der Waals surface area contributed by atoms with Gasteiger partial charge in [-0.1, -0.05) is 42.1 Å². The summed E-state index contributed by atoms with van der Waals surface area (Å²) >= 11 is 1.38. The molecular weight excluding hydrogens is 376 g/mol. The molecule has 0 unspecified atom stereocenters. The minimum atomic E-state index is -0.0311. The van der Waals surface area contributed by atoms with Gasteiger partial charge in [0, 0.05) is 20.3 Å². The van der Waals surface area contributed by atoms with Crippen LogP contribution in [0.2, 0.25) is 0 Å². The molecule has 148 valence electrons. The summed E-state index contributed by atoms with van der Waals surface area (Å²) in [5.74, 6) is 1.77. The second-order valence-corrected chi connectivity index (χ2v) is 7.20. The molecule has 0 fully saturated rings. The molecule has 0 bridgehead atoms. The average molecular weight is 401 g/mol. The minimum absolute atomic E-state index is 0.0311. The first-order chi connectivity index (χ1) is 13.7. The molecule has 0 radical (unpaired) electrons. The van der Waals surface area contributed by atoms with Crippen LogP contribution in [0.5, 0.6) is 0 Å². The first-order valence-electron chi connectivity index (χ1n) is 9.09. The van der Waals surface area contributed by atoms with Crippen molar-refractivity contribution in [3.8, 4) is 11.4 Å². The number of hydrogen-bond acceptors (Lipinski definition) is 6. The van der Waals surface area contributed by atoms with E-state index in [0.29, 0.717) is 24.9 Å². The number of thioether (sulfide) groups is 1. The molecule has 2 aromatic heterocycles. The Kier molecular flexibility index (Phi) is 7.27. The Morgan fingerprint density at radius 3 is 2.79 bits per heavy atom. The largest absolute Gasteiger partial charge is 0.469 e. The van der Waals surface area contributed by atoms with Gasteiger partial charge in [0.05, 0.1) is 24.1 Å². The van der Waals surface area contributed by atoms with Crippen LogP contribution in [0.15, 0.2) is 52.2 Å². The molecule has 3 aromatic rings. The number of furan rings is 1. The van der Waals surface area contributed by atoms with Gasteiger partial charge in [-0.05, 0) is 25.0 Å². The topological polar surface area (TPSA) is 82.2 Å². The van der Waals surface area contributed by atoms with Gasteiger partial charge in [0.15, 0.2) is 11.0 Å². The van der Waals surface area contributed by atoms with Gasteiger partial charge >= 0.3 is 0 Å². The quantitative estimate of drug-likeness (QED) is 0.416. The number of benzene rings is 1. The highest BCUT2D eigenvalue weighted by Gasteiger charge is 2.18. The van der Waals surface area contributed by atoms with Crippen LogP contribution in [0.1, 0.15) is 17.7 Å². The van der Waals surface area contributed by atoms with Crippen molar-refractivity contribution in [3.05, 3.63) is 54.0 Å². The molecule has 1 aromatic carbocycles. The predicted octanol–water partition coefficient (Wildman–Crippen LogP) is 3.14. The zero-order valence-electron chi connectivity index (χ0n) is 16.1. The van der Waals surface area contributed by atoms with E-state index in [-0.39, 0.29) is 11.7 Å². The number of aromatic nitrogens is 3. The molecule has 28 heavy (non-hydrogen) atoms. The fourth-order valence-electron chi connectivity index (χ4n) is 2.75. The maximum atomic E-state index is 12.1. The molecule has 0 saturated heterocycles. The van der Waals surface area contributed by atoms with E-state index in [1.54, 1.807) is 13.4 Å². The van der Waals surface area contributed by atoms with Crippen molar-refractivity contribution >= 4 is 17.7 Å². The molecule has 0 atom stereocenters. The molecule has 0 aliphatic carbocycles. The third-order valence-electron chi connectivity index (χ3n) is 4.18. The second-order valence-electron chi connectivity index (χ2n) is 6.25. The average Bonchev–Trinajstić information content (AvgIpc) is 3.30. The smallest absolute Gasteiger partial charge is 0.230 e. The standard InChI is InChI=1S/C20H24N4O3S/c1-15-17(9-12-27-15)19-22-23-20(24(19)13-16-7-4-3-5-8-16)28-14-18(25)21-10-6-11-26-2/h3-5,7-9,12H,6,10-11,13-14H2,1-2H3,(H,21,25). The van der Waals surface area contributed by atoms with Crippen molar-refractivity contribution in [2.75, 3.05) is 26.0 Å². The zero-order valence-corrected chi connectivity index (χ0v) is 16.9.